The van der Waals surface area contributed by atoms with Crippen molar-refractivity contribution in [3.63, 3.8) is 0 Å². The molecule has 2 atom stereocenters. The van der Waals surface area contributed by atoms with Crippen molar-refractivity contribution in [1.29, 1.82) is 0 Å². The third-order valence-electron chi connectivity index (χ3n) is 4.15. The van der Waals surface area contributed by atoms with Crippen LogP contribution in [0.25, 0.3) is 0 Å². The van der Waals surface area contributed by atoms with E-state index in [9.17, 15) is 9.59 Å². The second-order valence-electron chi connectivity index (χ2n) is 6.13. The van der Waals surface area contributed by atoms with Crippen molar-refractivity contribution < 1.29 is 9.59 Å². The smallest absolute Gasteiger partial charge is 0.253 e. The van der Waals surface area contributed by atoms with Gasteiger partial charge in [-0.15, -0.1) is 12.4 Å². The molecule has 0 aliphatic heterocycles. The lowest BCUT2D eigenvalue weighted by Crippen LogP contribution is -2.30. The van der Waals surface area contributed by atoms with E-state index in [-0.39, 0.29) is 24.2 Å². The van der Waals surface area contributed by atoms with Gasteiger partial charge in [0.05, 0.1) is 11.3 Å². The van der Waals surface area contributed by atoms with E-state index < -0.39 is 0 Å². The average Bonchev–Trinajstić information content (AvgIpc) is 2.90. The molecule has 0 spiro atoms. The van der Waals surface area contributed by atoms with Crippen LogP contribution in [0.1, 0.15) is 43.0 Å². The summed E-state index contributed by atoms with van der Waals surface area (Å²) in [5.74, 6) is 0.953. The molecule has 1 aliphatic rings. The van der Waals surface area contributed by atoms with Crippen molar-refractivity contribution in [2.24, 2.45) is 17.6 Å². The van der Waals surface area contributed by atoms with Gasteiger partial charge in [-0.25, -0.2) is 0 Å². The summed E-state index contributed by atoms with van der Waals surface area (Å²) in [5, 5.41) is 5.60. The van der Waals surface area contributed by atoms with Crippen LogP contribution in [0.5, 0.6) is 0 Å². The molecule has 1 aromatic rings. The number of nitrogens with one attached hydrogen (secondary N) is 2. The zero-order valence-electron chi connectivity index (χ0n) is 13.5. The zero-order valence-corrected chi connectivity index (χ0v) is 14.3. The molecule has 0 saturated heterocycles. The molecule has 1 aliphatic carbocycles. The lowest BCUT2D eigenvalue weighted by Gasteiger charge is -2.13. The molecule has 0 bridgehead atoms. The summed E-state index contributed by atoms with van der Waals surface area (Å²) in [6.07, 6.45) is 3.97. The van der Waals surface area contributed by atoms with Crippen LogP contribution < -0.4 is 16.4 Å². The Bertz CT molecular complexity index is 536. The fraction of sp³-hybridized carbons (Fsp3) is 0.529. The van der Waals surface area contributed by atoms with E-state index in [2.05, 4.69) is 17.6 Å². The maximum Gasteiger partial charge on any atom is 0.253 e. The summed E-state index contributed by atoms with van der Waals surface area (Å²) >= 11 is 0. The molecule has 1 aromatic carbocycles. The number of benzene rings is 1. The minimum Gasteiger partial charge on any atom is -0.351 e. The molecule has 0 aromatic heterocycles. The highest BCUT2D eigenvalue weighted by atomic mass is 35.5. The maximum absolute atomic E-state index is 12.2. The molecule has 0 radical (unpaired) electrons. The number of nitrogens with two attached hydrogens (primary N) is 1. The Kier molecular flexibility index (Phi) is 8.06. The third-order valence-corrected chi connectivity index (χ3v) is 4.15. The van der Waals surface area contributed by atoms with Gasteiger partial charge in [-0.3, -0.25) is 9.59 Å². The van der Waals surface area contributed by atoms with Crippen molar-refractivity contribution in [2.75, 3.05) is 18.4 Å². The van der Waals surface area contributed by atoms with E-state index in [0.29, 0.717) is 42.6 Å². The number of hydrogen-bond donors (Lipinski definition) is 3. The molecule has 6 heteroatoms. The number of halogens is 1. The van der Waals surface area contributed by atoms with E-state index in [1.54, 1.807) is 18.2 Å². The minimum atomic E-state index is -0.212. The second-order valence-corrected chi connectivity index (χ2v) is 6.13. The number of rotatable bonds is 6. The zero-order chi connectivity index (χ0) is 15.9. The molecule has 2 unspecified atom stereocenters. The molecule has 23 heavy (non-hydrogen) atoms. The van der Waals surface area contributed by atoms with Gasteiger partial charge in [-0.05, 0) is 36.8 Å². The first-order valence-corrected chi connectivity index (χ1v) is 7.97. The predicted octanol–water partition coefficient (Wildman–Crippen LogP) is 2.56. The van der Waals surface area contributed by atoms with Crippen molar-refractivity contribution in [3.05, 3.63) is 29.8 Å². The van der Waals surface area contributed by atoms with E-state index >= 15 is 0 Å². The first-order valence-electron chi connectivity index (χ1n) is 7.97. The number of anilines is 1. The topological polar surface area (TPSA) is 84.2 Å². The van der Waals surface area contributed by atoms with Crippen LogP contribution in [-0.4, -0.2) is 24.9 Å². The summed E-state index contributed by atoms with van der Waals surface area (Å²) in [6, 6.07) is 7.06. The quantitative estimate of drug-likeness (QED) is 0.744. The van der Waals surface area contributed by atoms with Crippen LogP contribution in [0, 0.1) is 11.8 Å². The summed E-state index contributed by atoms with van der Waals surface area (Å²) in [4.78, 5) is 24.3. The Balaban J connectivity index is 0.00000264. The first-order chi connectivity index (χ1) is 10.6. The highest BCUT2D eigenvalue weighted by Gasteiger charge is 2.24. The predicted molar refractivity (Wildman–Crippen MR) is 94.8 cm³/mol. The summed E-state index contributed by atoms with van der Waals surface area (Å²) in [5.41, 5.74) is 6.43. The number of carbonyl (C=O) groups is 2. The molecular weight excluding hydrogens is 314 g/mol. The molecule has 0 heterocycles. The fourth-order valence-corrected chi connectivity index (χ4v) is 3.04. The van der Waals surface area contributed by atoms with Gasteiger partial charge in [0.2, 0.25) is 5.91 Å². The van der Waals surface area contributed by atoms with Gasteiger partial charge in [-0.2, -0.15) is 0 Å². The van der Waals surface area contributed by atoms with Crippen LogP contribution in [0.3, 0.4) is 0 Å². The van der Waals surface area contributed by atoms with E-state index in [1.165, 1.54) is 6.42 Å². The Hall–Kier alpha value is -1.59. The van der Waals surface area contributed by atoms with Gasteiger partial charge < -0.3 is 16.4 Å². The second kappa shape index (κ2) is 9.53. The Morgan fingerprint density at radius 3 is 2.65 bits per heavy atom. The molecule has 4 N–H and O–H groups in total. The van der Waals surface area contributed by atoms with Crippen LogP contribution in [-0.2, 0) is 4.79 Å². The first kappa shape index (κ1) is 19.5. The number of para-hydroxylation sites is 1. The molecule has 2 rings (SSSR count). The van der Waals surface area contributed by atoms with Crippen molar-refractivity contribution in [1.82, 2.24) is 5.32 Å². The van der Waals surface area contributed by atoms with E-state index in [4.69, 9.17) is 5.73 Å². The lowest BCUT2D eigenvalue weighted by molar-refractivity contribution is -0.117. The lowest BCUT2D eigenvalue weighted by atomic mass is 10.0. The fourth-order valence-electron chi connectivity index (χ4n) is 3.04. The largest absolute Gasteiger partial charge is 0.351 e. The SMILES string of the molecule is CC1CCC(CC(=O)Nc2ccccc2C(=O)NCCN)C1.Cl. The Labute approximate surface area is 143 Å². The number of carbonyl (C=O) groups excluding carboxylic acids is 2. The van der Waals surface area contributed by atoms with Crippen molar-refractivity contribution in [2.45, 2.75) is 32.6 Å². The monoisotopic (exact) mass is 339 g/mol. The molecule has 1 fully saturated rings. The number of amides is 2. The summed E-state index contributed by atoms with van der Waals surface area (Å²) < 4.78 is 0. The van der Waals surface area contributed by atoms with E-state index in [0.717, 1.165) is 12.8 Å². The van der Waals surface area contributed by atoms with E-state index in [1.807, 2.05) is 6.07 Å². The van der Waals surface area contributed by atoms with Crippen LogP contribution in [0.4, 0.5) is 5.69 Å². The highest BCUT2D eigenvalue weighted by Crippen LogP contribution is 2.32. The van der Waals surface area contributed by atoms with Gasteiger partial charge >= 0.3 is 0 Å². The molecule has 5 nitrogen and oxygen atoms in total. The Morgan fingerprint density at radius 1 is 1.26 bits per heavy atom. The average molecular weight is 340 g/mol. The van der Waals surface area contributed by atoms with Gasteiger partial charge in [0.15, 0.2) is 0 Å². The van der Waals surface area contributed by atoms with Crippen LogP contribution >= 0.6 is 12.4 Å². The summed E-state index contributed by atoms with van der Waals surface area (Å²) in [6.45, 7) is 3.04. The van der Waals surface area contributed by atoms with Gasteiger partial charge in [-0.1, -0.05) is 25.5 Å². The van der Waals surface area contributed by atoms with Gasteiger partial charge in [0.1, 0.15) is 0 Å². The van der Waals surface area contributed by atoms with Crippen LogP contribution in [0.2, 0.25) is 0 Å². The minimum absolute atomic E-state index is 0. The summed E-state index contributed by atoms with van der Waals surface area (Å²) in [7, 11) is 0. The normalized spacial score (nSPS) is 19.7. The Morgan fingerprint density at radius 2 is 2.00 bits per heavy atom. The molecular formula is C17H26ClN3O2. The van der Waals surface area contributed by atoms with Crippen LogP contribution in [0.15, 0.2) is 24.3 Å². The van der Waals surface area contributed by atoms with Crippen molar-refractivity contribution >= 4 is 29.9 Å². The molecule has 1 saturated carbocycles. The third kappa shape index (κ3) is 5.84. The van der Waals surface area contributed by atoms with Gasteiger partial charge in [0, 0.05) is 19.5 Å². The number of hydrogen-bond acceptors (Lipinski definition) is 3. The molecule has 128 valence electrons. The maximum atomic E-state index is 12.2. The highest BCUT2D eigenvalue weighted by molar-refractivity contribution is 6.03. The van der Waals surface area contributed by atoms with Crippen molar-refractivity contribution in [3.8, 4) is 0 Å². The standard InChI is InChI=1S/C17H25N3O2.ClH/c1-12-6-7-13(10-12)11-16(21)20-15-5-3-2-4-14(15)17(22)19-9-8-18;/h2-5,12-13H,6-11,18H2,1H3,(H,19,22)(H,20,21);1H. The molecule has 2 amide bonds. The van der Waals surface area contributed by atoms with Gasteiger partial charge in [0.25, 0.3) is 5.91 Å².